The summed E-state index contributed by atoms with van der Waals surface area (Å²) >= 11 is 0. The molecule has 0 unspecified atom stereocenters. The zero-order valence-corrected chi connectivity index (χ0v) is 17.1. The smallest absolute Gasteiger partial charge is 0.328 e. The van der Waals surface area contributed by atoms with E-state index in [0.29, 0.717) is 41.8 Å². The average molecular weight is 418 g/mol. The number of rotatable bonds is 7. The van der Waals surface area contributed by atoms with Crippen molar-refractivity contribution in [1.82, 2.24) is 19.9 Å². The Morgan fingerprint density at radius 1 is 1.16 bits per heavy atom. The summed E-state index contributed by atoms with van der Waals surface area (Å²) in [6.07, 6.45) is 2.34. The van der Waals surface area contributed by atoms with Crippen LogP contribution in [0.3, 0.4) is 0 Å². The van der Waals surface area contributed by atoms with E-state index in [1.54, 1.807) is 25.3 Å². The molecule has 2 N–H and O–H groups in total. The zero-order valence-electron chi connectivity index (χ0n) is 17.1. The number of benzene rings is 2. The van der Waals surface area contributed by atoms with Crippen molar-refractivity contribution < 1.29 is 9.53 Å². The van der Waals surface area contributed by atoms with E-state index in [2.05, 4.69) is 15.3 Å². The molecule has 8 heteroatoms. The Balaban J connectivity index is 1.36. The second-order valence-electron chi connectivity index (χ2n) is 7.03. The summed E-state index contributed by atoms with van der Waals surface area (Å²) in [7, 11) is 0. The Hall–Kier alpha value is -3.94. The number of carbonyl (C=O) groups is 1. The number of para-hydroxylation sites is 1. The number of fused-ring (bicyclic) bond motifs is 2. The van der Waals surface area contributed by atoms with Gasteiger partial charge in [0.2, 0.25) is 0 Å². The molecule has 0 fully saturated rings. The number of carbonyl (C=O) groups excluding carboxylic acids is 1. The molecule has 4 aromatic rings. The Bertz CT molecular complexity index is 1370. The van der Waals surface area contributed by atoms with Crippen LogP contribution < -0.4 is 21.3 Å². The first-order valence-corrected chi connectivity index (χ1v) is 10.1. The number of hydrogen-bond donors (Lipinski definition) is 2. The highest BCUT2D eigenvalue weighted by molar-refractivity contribution is 5.97. The molecule has 2 heterocycles. The monoisotopic (exact) mass is 418 g/mol. The van der Waals surface area contributed by atoms with E-state index < -0.39 is 5.69 Å². The molecule has 0 saturated heterocycles. The first-order valence-electron chi connectivity index (χ1n) is 10.1. The summed E-state index contributed by atoms with van der Waals surface area (Å²) in [5.41, 5.74) is 0.669. The standard InChI is InChI=1S/C23H22N4O4/c1-2-27-22(29)17-10-9-16(14-18(17)26-23(27)30)21(28)25-12-5-13-31-19-8-3-6-15-7-4-11-24-20(15)19/h3-4,6-11,14H,2,5,12-13H2,1H3,(H,25,28)(H,26,30). The van der Waals surface area contributed by atoms with Crippen LogP contribution in [0.25, 0.3) is 21.8 Å². The van der Waals surface area contributed by atoms with Crippen LogP contribution in [-0.2, 0) is 6.54 Å². The highest BCUT2D eigenvalue weighted by Gasteiger charge is 2.10. The molecule has 31 heavy (non-hydrogen) atoms. The number of hydrogen-bond acceptors (Lipinski definition) is 5. The maximum absolute atomic E-state index is 12.5. The Kier molecular flexibility index (Phi) is 5.79. The van der Waals surface area contributed by atoms with Crippen molar-refractivity contribution in [1.29, 1.82) is 0 Å². The van der Waals surface area contributed by atoms with Crippen molar-refractivity contribution in [3.63, 3.8) is 0 Å². The molecule has 0 spiro atoms. The summed E-state index contributed by atoms with van der Waals surface area (Å²) in [4.78, 5) is 43.8. The van der Waals surface area contributed by atoms with Gasteiger partial charge in [-0.3, -0.25) is 19.1 Å². The van der Waals surface area contributed by atoms with Crippen LogP contribution in [0.4, 0.5) is 0 Å². The number of H-pyrrole nitrogens is 1. The van der Waals surface area contributed by atoms with Crippen LogP contribution in [0.2, 0.25) is 0 Å². The Morgan fingerprint density at radius 2 is 2.00 bits per heavy atom. The van der Waals surface area contributed by atoms with E-state index in [0.717, 1.165) is 15.5 Å². The second kappa shape index (κ2) is 8.83. The van der Waals surface area contributed by atoms with Gasteiger partial charge in [0, 0.05) is 30.2 Å². The maximum Gasteiger partial charge on any atom is 0.328 e. The third-order valence-electron chi connectivity index (χ3n) is 5.02. The average Bonchev–Trinajstić information content (AvgIpc) is 2.78. The van der Waals surface area contributed by atoms with Gasteiger partial charge in [0.05, 0.1) is 17.5 Å². The van der Waals surface area contributed by atoms with E-state index in [1.807, 2.05) is 30.3 Å². The minimum absolute atomic E-state index is 0.281. The molecule has 0 aliphatic heterocycles. The highest BCUT2D eigenvalue weighted by Crippen LogP contribution is 2.22. The van der Waals surface area contributed by atoms with Gasteiger partial charge < -0.3 is 15.0 Å². The molecule has 158 valence electrons. The fourth-order valence-corrected chi connectivity index (χ4v) is 3.43. The van der Waals surface area contributed by atoms with Gasteiger partial charge in [-0.05, 0) is 43.7 Å². The van der Waals surface area contributed by atoms with Crippen molar-refractivity contribution in [3.8, 4) is 5.75 Å². The van der Waals surface area contributed by atoms with Gasteiger partial charge in [-0.25, -0.2) is 4.79 Å². The number of pyridine rings is 1. The van der Waals surface area contributed by atoms with Gasteiger partial charge in [0.1, 0.15) is 11.3 Å². The number of aromatic nitrogens is 3. The lowest BCUT2D eigenvalue weighted by molar-refractivity contribution is 0.0951. The minimum atomic E-state index is -0.488. The number of ether oxygens (including phenoxy) is 1. The molecule has 2 aromatic heterocycles. The van der Waals surface area contributed by atoms with Gasteiger partial charge in [0.25, 0.3) is 11.5 Å². The van der Waals surface area contributed by atoms with Crippen LogP contribution in [0.15, 0.2) is 64.3 Å². The van der Waals surface area contributed by atoms with Crippen LogP contribution in [0.1, 0.15) is 23.7 Å². The van der Waals surface area contributed by atoms with E-state index in [1.165, 1.54) is 6.07 Å². The molecule has 8 nitrogen and oxygen atoms in total. The Morgan fingerprint density at radius 3 is 2.84 bits per heavy atom. The van der Waals surface area contributed by atoms with Crippen molar-refractivity contribution in [2.24, 2.45) is 0 Å². The number of nitrogens with one attached hydrogen (secondary N) is 2. The molecule has 0 atom stereocenters. The topological polar surface area (TPSA) is 106 Å². The molecule has 0 aliphatic carbocycles. The molecule has 1 amide bonds. The second-order valence-corrected chi connectivity index (χ2v) is 7.03. The molecular formula is C23H22N4O4. The summed E-state index contributed by atoms with van der Waals surface area (Å²) in [5.74, 6) is 0.426. The van der Waals surface area contributed by atoms with Crippen LogP contribution in [0, 0.1) is 0 Å². The third-order valence-corrected chi connectivity index (χ3v) is 5.02. The quantitative estimate of drug-likeness (QED) is 0.449. The van der Waals surface area contributed by atoms with Gasteiger partial charge in [-0.2, -0.15) is 0 Å². The van der Waals surface area contributed by atoms with Crippen molar-refractivity contribution in [2.45, 2.75) is 19.9 Å². The molecule has 2 aromatic carbocycles. The fraction of sp³-hybridized carbons (Fsp3) is 0.217. The summed E-state index contributed by atoms with van der Waals surface area (Å²) in [5, 5.41) is 4.21. The highest BCUT2D eigenvalue weighted by atomic mass is 16.5. The first-order chi connectivity index (χ1) is 15.1. The van der Waals surface area contributed by atoms with E-state index in [9.17, 15) is 14.4 Å². The first kappa shape index (κ1) is 20.3. The fourth-order valence-electron chi connectivity index (χ4n) is 3.43. The van der Waals surface area contributed by atoms with Crippen molar-refractivity contribution >= 4 is 27.7 Å². The minimum Gasteiger partial charge on any atom is -0.491 e. The normalized spacial score (nSPS) is 11.0. The Labute approximate surface area is 177 Å². The maximum atomic E-state index is 12.5. The summed E-state index contributed by atoms with van der Waals surface area (Å²) < 4.78 is 6.94. The molecule has 0 bridgehead atoms. The molecule has 0 radical (unpaired) electrons. The zero-order chi connectivity index (χ0) is 21.8. The van der Waals surface area contributed by atoms with Crippen LogP contribution >= 0.6 is 0 Å². The van der Waals surface area contributed by atoms with Gasteiger partial charge in [0.15, 0.2) is 0 Å². The van der Waals surface area contributed by atoms with Crippen molar-refractivity contribution in [3.05, 3.63) is 81.1 Å². The number of aromatic amines is 1. The molecule has 4 rings (SSSR count). The lowest BCUT2D eigenvalue weighted by Gasteiger charge is -2.10. The van der Waals surface area contributed by atoms with Crippen LogP contribution in [-0.4, -0.2) is 33.6 Å². The van der Waals surface area contributed by atoms with E-state index in [4.69, 9.17) is 4.74 Å². The lowest BCUT2D eigenvalue weighted by Crippen LogP contribution is -2.34. The molecule has 0 saturated carbocycles. The van der Waals surface area contributed by atoms with Gasteiger partial charge in [-0.15, -0.1) is 0 Å². The van der Waals surface area contributed by atoms with E-state index >= 15 is 0 Å². The molecule has 0 aliphatic rings. The van der Waals surface area contributed by atoms with Crippen molar-refractivity contribution in [2.75, 3.05) is 13.2 Å². The number of amides is 1. The van der Waals surface area contributed by atoms with E-state index in [-0.39, 0.29) is 18.0 Å². The van der Waals surface area contributed by atoms with Gasteiger partial charge in [-0.1, -0.05) is 18.2 Å². The third kappa shape index (κ3) is 4.18. The summed E-state index contributed by atoms with van der Waals surface area (Å²) in [6, 6.07) is 14.3. The predicted octanol–water partition coefficient (Wildman–Crippen LogP) is 2.46. The lowest BCUT2D eigenvalue weighted by atomic mass is 10.1. The van der Waals surface area contributed by atoms with Gasteiger partial charge >= 0.3 is 5.69 Å². The number of nitrogens with zero attached hydrogens (tertiary/aromatic N) is 2. The SMILES string of the molecule is CCn1c(=O)[nH]c2cc(C(=O)NCCCOc3cccc4cccnc34)ccc2c1=O. The predicted molar refractivity (Wildman–Crippen MR) is 119 cm³/mol. The van der Waals surface area contributed by atoms with Crippen LogP contribution in [0.5, 0.6) is 5.75 Å². The largest absolute Gasteiger partial charge is 0.491 e. The summed E-state index contributed by atoms with van der Waals surface area (Å²) in [6.45, 7) is 2.86. The molecular weight excluding hydrogens is 396 g/mol.